The highest BCUT2D eigenvalue weighted by molar-refractivity contribution is 7.89. The molecule has 1 atom stereocenters. The van der Waals surface area contributed by atoms with Crippen molar-refractivity contribution in [2.24, 2.45) is 0 Å². The molecule has 1 heterocycles. The number of sulfonamides is 1. The van der Waals surface area contributed by atoms with Gasteiger partial charge in [-0.1, -0.05) is 11.6 Å². The topological polar surface area (TPSA) is 83.9 Å². The largest absolute Gasteiger partial charge is 0.480 e. The lowest BCUT2D eigenvalue weighted by molar-refractivity contribution is -0.146. The van der Waals surface area contributed by atoms with Gasteiger partial charge in [0, 0.05) is 6.54 Å². The normalized spacial score (nSPS) is 20.8. The SMILES string of the molecule is O=C(O)C1COCCN1S(=O)(=O)c1ccc(F)c(Cl)c1. The average Bonchev–Trinajstić information content (AvgIpc) is 2.41. The summed E-state index contributed by atoms with van der Waals surface area (Å²) in [6, 6.07) is 1.62. The molecule has 1 aromatic rings. The number of nitrogens with zero attached hydrogens (tertiary/aromatic N) is 1. The van der Waals surface area contributed by atoms with Crippen LogP contribution in [0.3, 0.4) is 0 Å². The van der Waals surface area contributed by atoms with E-state index in [2.05, 4.69) is 0 Å². The molecule has 1 aromatic carbocycles. The Bertz CT molecular complexity index is 636. The Morgan fingerprint density at radius 2 is 2.20 bits per heavy atom. The lowest BCUT2D eigenvalue weighted by Crippen LogP contribution is -2.52. The van der Waals surface area contributed by atoms with E-state index in [1.807, 2.05) is 0 Å². The van der Waals surface area contributed by atoms with Gasteiger partial charge in [-0.25, -0.2) is 12.8 Å². The van der Waals surface area contributed by atoms with Crippen molar-refractivity contribution in [3.05, 3.63) is 29.0 Å². The first-order valence-corrected chi connectivity index (χ1v) is 7.43. The van der Waals surface area contributed by atoms with Crippen LogP contribution in [-0.2, 0) is 19.6 Å². The van der Waals surface area contributed by atoms with Crippen molar-refractivity contribution in [1.82, 2.24) is 4.31 Å². The zero-order valence-electron chi connectivity index (χ0n) is 10.1. The third-order valence-corrected chi connectivity index (χ3v) is 5.06. The molecule has 2 rings (SSSR count). The van der Waals surface area contributed by atoms with Gasteiger partial charge in [-0.2, -0.15) is 4.31 Å². The fourth-order valence-electron chi connectivity index (χ4n) is 1.84. The minimum absolute atomic E-state index is 0.0890. The van der Waals surface area contributed by atoms with E-state index in [1.54, 1.807) is 0 Å². The summed E-state index contributed by atoms with van der Waals surface area (Å²) in [5.74, 6) is -2.05. The molecule has 0 spiro atoms. The first-order valence-electron chi connectivity index (χ1n) is 5.61. The summed E-state index contributed by atoms with van der Waals surface area (Å²) >= 11 is 5.56. The molecular formula is C11H11ClFNO5S. The van der Waals surface area contributed by atoms with Crippen LogP contribution in [0.15, 0.2) is 23.1 Å². The van der Waals surface area contributed by atoms with Crippen LogP contribution in [-0.4, -0.2) is 49.6 Å². The number of hydrogen-bond donors (Lipinski definition) is 1. The number of morpholine rings is 1. The van der Waals surface area contributed by atoms with E-state index < -0.39 is 27.9 Å². The second-order valence-electron chi connectivity index (χ2n) is 4.12. The predicted octanol–water partition coefficient (Wildman–Crippen LogP) is 0.953. The minimum Gasteiger partial charge on any atom is -0.480 e. The van der Waals surface area contributed by atoms with Gasteiger partial charge in [0.15, 0.2) is 0 Å². The van der Waals surface area contributed by atoms with Crippen molar-refractivity contribution in [1.29, 1.82) is 0 Å². The van der Waals surface area contributed by atoms with Crippen molar-refractivity contribution in [2.75, 3.05) is 19.8 Å². The van der Waals surface area contributed by atoms with Gasteiger partial charge in [-0.3, -0.25) is 4.79 Å². The van der Waals surface area contributed by atoms with Gasteiger partial charge in [-0.15, -0.1) is 0 Å². The van der Waals surface area contributed by atoms with Crippen LogP contribution in [0.25, 0.3) is 0 Å². The zero-order chi connectivity index (χ0) is 14.9. The predicted molar refractivity (Wildman–Crippen MR) is 67.5 cm³/mol. The van der Waals surface area contributed by atoms with Gasteiger partial charge < -0.3 is 9.84 Å². The number of carbonyl (C=O) groups is 1. The summed E-state index contributed by atoms with van der Waals surface area (Å²) in [6.07, 6.45) is 0. The van der Waals surface area contributed by atoms with Crippen molar-refractivity contribution >= 4 is 27.6 Å². The maximum absolute atomic E-state index is 13.1. The minimum atomic E-state index is -4.07. The van der Waals surface area contributed by atoms with E-state index in [9.17, 15) is 17.6 Å². The van der Waals surface area contributed by atoms with E-state index in [-0.39, 0.29) is 29.7 Å². The molecular weight excluding hydrogens is 313 g/mol. The van der Waals surface area contributed by atoms with Crippen LogP contribution >= 0.6 is 11.6 Å². The summed E-state index contributed by atoms with van der Waals surface area (Å²) < 4.78 is 43.7. The number of rotatable bonds is 3. The standard InChI is InChI=1S/C11H11ClFNO5S/c12-8-5-7(1-2-9(8)13)20(17,18)14-3-4-19-6-10(14)11(15)16/h1-2,5,10H,3-4,6H2,(H,15,16). The van der Waals surface area contributed by atoms with Gasteiger partial charge in [0.05, 0.1) is 23.1 Å². The number of aliphatic carboxylic acids is 1. The van der Waals surface area contributed by atoms with Crippen LogP contribution in [0.5, 0.6) is 0 Å². The molecule has 0 saturated carbocycles. The fraction of sp³-hybridized carbons (Fsp3) is 0.364. The highest BCUT2D eigenvalue weighted by Gasteiger charge is 2.38. The monoisotopic (exact) mass is 323 g/mol. The summed E-state index contributed by atoms with van der Waals surface area (Å²) in [5, 5.41) is 8.70. The number of hydrogen-bond acceptors (Lipinski definition) is 4. The molecule has 110 valence electrons. The molecule has 0 bridgehead atoms. The van der Waals surface area contributed by atoms with Gasteiger partial charge >= 0.3 is 5.97 Å². The molecule has 0 aliphatic carbocycles. The molecule has 9 heteroatoms. The van der Waals surface area contributed by atoms with Crippen LogP contribution in [0.4, 0.5) is 4.39 Å². The molecule has 1 aliphatic rings. The number of ether oxygens (including phenoxy) is 1. The Morgan fingerprint density at radius 1 is 1.50 bits per heavy atom. The van der Waals surface area contributed by atoms with E-state index in [0.717, 1.165) is 22.5 Å². The molecule has 1 N–H and O–H groups in total. The van der Waals surface area contributed by atoms with Crippen molar-refractivity contribution < 1.29 is 27.4 Å². The third kappa shape index (κ3) is 2.78. The van der Waals surface area contributed by atoms with Crippen molar-refractivity contribution in [3.8, 4) is 0 Å². The lowest BCUT2D eigenvalue weighted by Gasteiger charge is -2.31. The second-order valence-corrected chi connectivity index (χ2v) is 6.42. The van der Waals surface area contributed by atoms with Gasteiger partial charge in [-0.05, 0) is 18.2 Å². The quantitative estimate of drug-likeness (QED) is 0.895. The highest BCUT2D eigenvalue weighted by Crippen LogP contribution is 2.24. The number of benzene rings is 1. The molecule has 0 aromatic heterocycles. The van der Waals surface area contributed by atoms with E-state index in [0.29, 0.717) is 0 Å². The van der Waals surface area contributed by atoms with Gasteiger partial charge in [0.1, 0.15) is 11.9 Å². The summed E-state index contributed by atoms with van der Waals surface area (Å²) in [6.45, 7) is -0.226. The van der Waals surface area contributed by atoms with E-state index in [1.165, 1.54) is 0 Å². The maximum atomic E-state index is 13.1. The van der Waals surface area contributed by atoms with Crippen LogP contribution < -0.4 is 0 Å². The van der Waals surface area contributed by atoms with E-state index >= 15 is 0 Å². The molecule has 20 heavy (non-hydrogen) atoms. The zero-order valence-corrected chi connectivity index (χ0v) is 11.7. The molecule has 0 amide bonds. The Hall–Kier alpha value is -1.22. The second kappa shape index (κ2) is 5.65. The number of halogens is 2. The maximum Gasteiger partial charge on any atom is 0.324 e. The molecule has 1 unspecified atom stereocenters. The molecule has 1 aliphatic heterocycles. The van der Waals surface area contributed by atoms with Gasteiger partial charge in [0.25, 0.3) is 0 Å². The average molecular weight is 324 g/mol. The Balaban J connectivity index is 2.42. The number of carboxylic acids is 1. The Morgan fingerprint density at radius 3 is 2.80 bits per heavy atom. The van der Waals surface area contributed by atoms with E-state index in [4.69, 9.17) is 21.4 Å². The summed E-state index contributed by atoms with van der Waals surface area (Å²) in [4.78, 5) is 10.8. The third-order valence-electron chi connectivity index (χ3n) is 2.86. The molecule has 1 fully saturated rings. The Kier molecular flexibility index (Phi) is 4.28. The number of carboxylic acid groups (broad SMARTS) is 1. The fourth-order valence-corrected chi connectivity index (χ4v) is 3.67. The molecule has 1 saturated heterocycles. The first kappa shape index (κ1) is 15.2. The summed E-state index contributed by atoms with van der Waals surface area (Å²) in [5.41, 5.74) is 0. The van der Waals surface area contributed by atoms with Crippen LogP contribution in [0, 0.1) is 5.82 Å². The highest BCUT2D eigenvalue weighted by atomic mass is 35.5. The summed E-state index contributed by atoms with van der Waals surface area (Å²) in [7, 11) is -4.07. The van der Waals surface area contributed by atoms with Crippen molar-refractivity contribution in [2.45, 2.75) is 10.9 Å². The van der Waals surface area contributed by atoms with Crippen molar-refractivity contribution in [3.63, 3.8) is 0 Å². The first-order chi connectivity index (χ1) is 9.34. The Labute approximate surface area is 119 Å². The smallest absolute Gasteiger partial charge is 0.324 e. The van der Waals surface area contributed by atoms with Crippen LogP contribution in [0.2, 0.25) is 5.02 Å². The lowest BCUT2D eigenvalue weighted by atomic mass is 10.3. The molecule has 0 radical (unpaired) electrons. The van der Waals surface area contributed by atoms with Crippen LogP contribution in [0.1, 0.15) is 0 Å². The van der Waals surface area contributed by atoms with Gasteiger partial charge in [0.2, 0.25) is 10.0 Å². The molecule has 6 nitrogen and oxygen atoms in total.